The second-order valence-corrected chi connectivity index (χ2v) is 3.24. The van der Waals surface area contributed by atoms with Crippen LogP contribution in [0.4, 0.5) is 13.2 Å². The first kappa shape index (κ1) is 11.2. The second kappa shape index (κ2) is 3.68. The Morgan fingerprint density at radius 2 is 1.57 bits per heavy atom. The van der Waals surface area contributed by atoms with E-state index in [-0.39, 0.29) is 5.56 Å². The number of hydrogen-bond acceptors (Lipinski definition) is 1. The van der Waals surface area contributed by atoms with Crippen LogP contribution in [0.5, 0.6) is 0 Å². The Hall–Kier alpha value is -0.920. The van der Waals surface area contributed by atoms with E-state index in [1.807, 2.05) is 0 Å². The summed E-state index contributed by atoms with van der Waals surface area (Å²) in [5.74, 6) is 0. The lowest BCUT2D eigenvalue weighted by Gasteiger charge is -2.10. The van der Waals surface area contributed by atoms with Gasteiger partial charge in [-0.2, -0.15) is 18.4 Å². The smallest absolute Gasteiger partial charge is 0.192 e. The van der Waals surface area contributed by atoms with E-state index in [4.69, 9.17) is 28.5 Å². The van der Waals surface area contributed by atoms with Gasteiger partial charge in [-0.3, -0.25) is 0 Å². The van der Waals surface area contributed by atoms with Crippen molar-refractivity contribution in [2.24, 2.45) is 0 Å². The first-order valence-electron chi connectivity index (χ1n) is 3.32. The van der Waals surface area contributed by atoms with Gasteiger partial charge in [0.1, 0.15) is 0 Å². The maximum Gasteiger partial charge on any atom is 0.419 e. The fourth-order valence-electron chi connectivity index (χ4n) is 0.908. The number of nitrogens with zero attached hydrogens (tertiary/aromatic N) is 1. The highest BCUT2D eigenvalue weighted by Crippen LogP contribution is 2.39. The summed E-state index contributed by atoms with van der Waals surface area (Å²) in [6.45, 7) is 0. The molecule has 0 heterocycles. The highest BCUT2D eigenvalue weighted by atomic mass is 35.5. The molecule has 1 aromatic carbocycles. The van der Waals surface area contributed by atoms with Crippen LogP contribution in [0.15, 0.2) is 12.1 Å². The standard InChI is InChI=1S/C8H2Cl2F3N/c9-5-1-4(3-14)2-6(10)7(5)8(11,12)13/h1-2H. The van der Waals surface area contributed by atoms with E-state index < -0.39 is 21.8 Å². The third-order valence-corrected chi connectivity index (χ3v) is 2.05. The van der Waals surface area contributed by atoms with Crippen LogP contribution >= 0.6 is 23.2 Å². The molecule has 1 aromatic rings. The van der Waals surface area contributed by atoms with Gasteiger partial charge in [0.15, 0.2) is 0 Å². The molecule has 0 radical (unpaired) electrons. The molecule has 0 saturated heterocycles. The summed E-state index contributed by atoms with van der Waals surface area (Å²) >= 11 is 10.7. The summed E-state index contributed by atoms with van der Waals surface area (Å²) in [6, 6.07) is 3.50. The lowest BCUT2D eigenvalue weighted by Crippen LogP contribution is -2.07. The quantitative estimate of drug-likeness (QED) is 0.674. The van der Waals surface area contributed by atoms with Gasteiger partial charge in [-0.05, 0) is 12.1 Å². The van der Waals surface area contributed by atoms with Crippen LogP contribution in [0.2, 0.25) is 10.0 Å². The molecule has 0 N–H and O–H groups in total. The summed E-state index contributed by atoms with van der Waals surface area (Å²) in [5, 5.41) is 7.30. The summed E-state index contributed by atoms with van der Waals surface area (Å²) in [7, 11) is 0. The van der Waals surface area contributed by atoms with Crippen LogP contribution in [-0.2, 0) is 6.18 Å². The molecule has 14 heavy (non-hydrogen) atoms. The normalized spacial score (nSPS) is 11.1. The number of benzene rings is 1. The van der Waals surface area contributed by atoms with E-state index in [2.05, 4.69) is 0 Å². The van der Waals surface area contributed by atoms with Crippen molar-refractivity contribution in [2.45, 2.75) is 6.18 Å². The zero-order chi connectivity index (χ0) is 10.9. The predicted molar refractivity (Wildman–Crippen MR) is 46.2 cm³/mol. The van der Waals surface area contributed by atoms with Crippen molar-refractivity contribution in [1.29, 1.82) is 5.26 Å². The zero-order valence-corrected chi connectivity index (χ0v) is 8.00. The first-order chi connectivity index (χ1) is 6.36. The lowest BCUT2D eigenvalue weighted by atomic mass is 10.1. The third kappa shape index (κ3) is 2.11. The maximum atomic E-state index is 12.3. The van der Waals surface area contributed by atoms with E-state index in [9.17, 15) is 13.2 Å². The highest BCUT2D eigenvalue weighted by molar-refractivity contribution is 6.36. The van der Waals surface area contributed by atoms with Gasteiger partial charge in [-0.25, -0.2) is 0 Å². The topological polar surface area (TPSA) is 23.8 Å². The number of rotatable bonds is 0. The van der Waals surface area contributed by atoms with Crippen molar-refractivity contribution < 1.29 is 13.2 Å². The second-order valence-electron chi connectivity index (χ2n) is 2.42. The number of hydrogen-bond donors (Lipinski definition) is 0. The molecule has 0 atom stereocenters. The van der Waals surface area contributed by atoms with Gasteiger partial charge in [-0.1, -0.05) is 23.2 Å². The number of nitriles is 1. The minimum absolute atomic E-state index is 0.00648. The van der Waals surface area contributed by atoms with Gasteiger partial charge in [0.05, 0.1) is 27.2 Å². The number of halogens is 5. The fourth-order valence-corrected chi connectivity index (χ4v) is 1.61. The Morgan fingerprint density at radius 1 is 1.14 bits per heavy atom. The average molecular weight is 240 g/mol. The van der Waals surface area contributed by atoms with E-state index in [0.717, 1.165) is 12.1 Å². The van der Waals surface area contributed by atoms with Crippen LogP contribution in [0.3, 0.4) is 0 Å². The molecule has 0 aliphatic carbocycles. The van der Waals surface area contributed by atoms with Crippen molar-refractivity contribution in [1.82, 2.24) is 0 Å². The molecule has 1 nitrogen and oxygen atoms in total. The van der Waals surface area contributed by atoms with E-state index >= 15 is 0 Å². The fraction of sp³-hybridized carbons (Fsp3) is 0.125. The van der Waals surface area contributed by atoms with Crippen molar-refractivity contribution >= 4 is 23.2 Å². The summed E-state index contributed by atoms with van der Waals surface area (Å²) < 4.78 is 36.9. The minimum atomic E-state index is -4.61. The van der Waals surface area contributed by atoms with Gasteiger partial charge in [-0.15, -0.1) is 0 Å². The van der Waals surface area contributed by atoms with Gasteiger partial charge in [0.25, 0.3) is 0 Å². The Bertz CT molecular complexity index is 383. The Balaban J connectivity index is 3.42. The molecule has 0 fully saturated rings. The van der Waals surface area contributed by atoms with Gasteiger partial charge in [0, 0.05) is 0 Å². The molecule has 0 spiro atoms. The van der Waals surface area contributed by atoms with Crippen molar-refractivity contribution in [3.05, 3.63) is 33.3 Å². The molecule has 0 aliphatic rings. The molecule has 0 unspecified atom stereocenters. The van der Waals surface area contributed by atoms with Crippen LogP contribution in [-0.4, -0.2) is 0 Å². The van der Waals surface area contributed by atoms with Crippen LogP contribution in [0, 0.1) is 11.3 Å². The summed E-state index contributed by atoms with van der Waals surface area (Å²) in [6.07, 6.45) is -4.61. The molecule has 0 saturated carbocycles. The summed E-state index contributed by atoms with van der Waals surface area (Å²) in [4.78, 5) is 0. The van der Waals surface area contributed by atoms with Gasteiger partial charge in [0.2, 0.25) is 0 Å². The van der Waals surface area contributed by atoms with E-state index in [1.165, 1.54) is 0 Å². The van der Waals surface area contributed by atoms with E-state index in [1.54, 1.807) is 6.07 Å². The minimum Gasteiger partial charge on any atom is -0.192 e. The Kier molecular flexibility index (Phi) is 2.93. The third-order valence-electron chi connectivity index (χ3n) is 1.45. The summed E-state index contributed by atoms with van der Waals surface area (Å²) in [5.41, 5.74) is -1.12. The van der Waals surface area contributed by atoms with Crippen molar-refractivity contribution in [2.75, 3.05) is 0 Å². The lowest BCUT2D eigenvalue weighted by molar-refractivity contribution is -0.137. The van der Waals surface area contributed by atoms with E-state index in [0.29, 0.717) is 0 Å². The largest absolute Gasteiger partial charge is 0.419 e. The van der Waals surface area contributed by atoms with Crippen LogP contribution in [0.1, 0.15) is 11.1 Å². The Morgan fingerprint density at radius 3 is 1.86 bits per heavy atom. The predicted octanol–water partition coefficient (Wildman–Crippen LogP) is 3.88. The molecule has 1 rings (SSSR count). The average Bonchev–Trinajstić information content (AvgIpc) is 1.99. The molecular formula is C8H2Cl2F3N. The SMILES string of the molecule is N#Cc1cc(Cl)c(C(F)(F)F)c(Cl)c1. The molecule has 74 valence electrons. The molecule has 6 heteroatoms. The van der Waals surface area contributed by atoms with Crippen molar-refractivity contribution in [3.63, 3.8) is 0 Å². The monoisotopic (exact) mass is 239 g/mol. The number of alkyl halides is 3. The Labute approximate surface area is 87.7 Å². The molecular weight excluding hydrogens is 238 g/mol. The zero-order valence-electron chi connectivity index (χ0n) is 6.49. The maximum absolute atomic E-state index is 12.3. The van der Waals surface area contributed by atoms with Crippen LogP contribution < -0.4 is 0 Å². The van der Waals surface area contributed by atoms with Crippen molar-refractivity contribution in [3.8, 4) is 6.07 Å². The molecule has 0 aliphatic heterocycles. The molecule has 0 bridgehead atoms. The van der Waals surface area contributed by atoms with Gasteiger partial charge >= 0.3 is 6.18 Å². The highest BCUT2D eigenvalue weighted by Gasteiger charge is 2.36. The molecule has 0 aromatic heterocycles. The molecule has 0 amide bonds. The first-order valence-corrected chi connectivity index (χ1v) is 4.08. The van der Waals surface area contributed by atoms with Gasteiger partial charge < -0.3 is 0 Å². The van der Waals surface area contributed by atoms with Crippen LogP contribution in [0.25, 0.3) is 0 Å².